The van der Waals surface area contributed by atoms with Crippen LogP contribution in [0, 0.1) is 11.6 Å². The molecular formula is C24H22F2N6O2S. The zero-order chi connectivity index (χ0) is 24.6. The van der Waals surface area contributed by atoms with Crippen molar-refractivity contribution in [2.45, 2.75) is 4.90 Å². The predicted molar refractivity (Wildman–Crippen MR) is 130 cm³/mol. The van der Waals surface area contributed by atoms with Crippen LogP contribution in [-0.2, 0) is 10.0 Å². The van der Waals surface area contributed by atoms with Crippen LogP contribution >= 0.6 is 0 Å². The molecule has 3 heterocycles. The van der Waals surface area contributed by atoms with E-state index in [0.29, 0.717) is 11.6 Å². The maximum atomic E-state index is 14.1. The third-order valence-corrected chi connectivity index (χ3v) is 7.34. The summed E-state index contributed by atoms with van der Waals surface area (Å²) in [6.45, 7) is 3.58. The first-order valence-electron chi connectivity index (χ1n) is 10.9. The standard InChI is InChI=1S/C24H22F2N6O2S/c1-31-6-8-32(9-7-31)24-20-11-16(2-4-22(20)28-15-29-24)17-10-19(14-27-13-17)30-35(33,34)23-5-3-18(25)12-21(23)26/h2-5,10-15,30H,6-9H2,1H3. The first kappa shape index (κ1) is 23.1. The number of anilines is 2. The zero-order valence-corrected chi connectivity index (χ0v) is 19.6. The molecule has 0 radical (unpaired) electrons. The lowest BCUT2D eigenvalue weighted by atomic mass is 10.0. The average Bonchev–Trinajstić information content (AvgIpc) is 2.83. The van der Waals surface area contributed by atoms with E-state index in [4.69, 9.17) is 0 Å². The molecule has 0 unspecified atom stereocenters. The fraction of sp³-hybridized carbons (Fsp3) is 0.208. The lowest BCUT2D eigenvalue weighted by Gasteiger charge is -2.33. The topological polar surface area (TPSA) is 91.3 Å². The highest BCUT2D eigenvalue weighted by Crippen LogP contribution is 2.30. The van der Waals surface area contributed by atoms with Crippen molar-refractivity contribution in [3.63, 3.8) is 0 Å². The lowest BCUT2D eigenvalue weighted by molar-refractivity contribution is 0.312. The molecule has 11 heteroatoms. The van der Waals surface area contributed by atoms with Gasteiger partial charge in [0.2, 0.25) is 0 Å². The van der Waals surface area contributed by atoms with Gasteiger partial charge < -0.3 is 9.80 Å². The van der Waals surface area contributed by atoms with Crippen LogP contribution in [0.15, 0.2) is 66.1 Å². The van der Waals surface area contributed by atoms with Gasteiger partial charge in [-0.25, -0.2) is 27.2 Å². The highest BCUT2D eigenvalue weighted by atomic mass is 32.2. The largest absolute Gasteiger partial charge is 0.353 e. The number of hydrogen-bond donors (Lipinski definition) is 1. The van der Waals surface area contributed by atoms with Crippen LogP contribution in [0.5, 0.6) is 0 Å². The van der Waals surface area contributed by atoms with Crippen molar-refractivity contribution < 1.29 is 17.2 Å². The average molecular weight is 497 g/mol. The van der Waals surface area contributed by atoms with E-state index in [-0.39, 0.29) is 5.69 Å². The molecule has 2 aromatic heterocycles. The molecule has 2 aromatic carbocycles. The second kappa shape index (κ2) is 9.16. The van der Waals surface area contributed by atoms with Crippen molar-refractivity contribution in [2.75, 3.05) is 42.8 Å². The summed E-state index contributed by atoms with van der Waals surface area (Å²) in [4.78, 5) is 16.9. The number of pyridine rings is 1. The predicted octanol–water partition coefficient (Wildman–Crippen LogP) is 3.52. The summed E-state index contributed by atoms with van der Waals surface area (Å²) < 4.78 is 54.9. The number of likely N-dealkylation sites (N-methyl/N-ethyl adjacent to an activating group) is 1. The van der Waals surface area contributed by atoms with Crippen LogP contribution in [0.4, 0.5) is 20.3 Å². The number of rotatable bonds is 5. The highest BCUT2D eigenvalue weighted by molar-refractivity contribution is 7.92. The summed E-state index contributed by atoms with van der Waals surface area (Å²) >= 11 is 0. The van der Waals surface area contributed by atoms with Gasteiger partial charge in [-0.15, -0.1) is 0 Å². The summed E-state index contributed by atoms with van der Waals surface area (Å²) in [6, 6.07) is 9.62. The van der Waals surface area contributed by atoms with Crippen molar-refractivity contribution in [1.29, 1.82) is 0 Å². The molecule has 1 saturated heterocycles. The molecule has 1 N–H and O–H groups in total. The van der Waals surface area contributed by atoms with E-state index in [0.717, 1.165) is 60.6 Å². The quantitative estimate of drug-likeness (QED) is 0.452. The van der Waals surface area contributed by atoms with E-state index in [1.54, 1.807) is 18.6 Å². The number of nitrogens with one attached hydrogen (secondary N) is 1. The molecule has 1 fully saturated rings. The molecule has 0 spiro atoms. The normalized spacial score (nSPS) is 14.9. The Hall–Kier alpha value is -3.70. The molecule has 0 aliphatic carbocycles. The smallest absolute Gasteiger partial charge is 0.264 e. The number of benzene rings is 2. The van der Waals surface area contributed by atoms with Gasteiger partial charge in [-0.1, -0.05) is 6.07 Å². The highest BCUT2D eigenvalue weighted by Gasteiger charge is 2.21. The van der Waals surface area contributed by atoms with Gasteiger partial charge in [0.15, 0.2) is 0 Å². The second-order valence-corrected chi connectivity index (χ2v) is 10.0. The van der Waals surface area contributed by atoms with Crippen molar-refractivity contribution in [3.8, 4) is 11.1 Å². The van der Waals surface area contributed by atoms with Gasteiger partial charge in [0, 0.05) is 49.4 Å². The fourth-order valence-corrected chi connectivity index (χ4v) is 5.14. The number of nitrogens with zero attached hydrogens (tertiary/aromatic N) is 5. The number of sulfonamides is 1. The van der Waals surface area contributed by atoms with Crippen LogP contribution in [0.1, 0.15) is 0 Å². The van der Waals surface area contributed by atoms with Gasteiger partial charge >= 0.3 is 0 Å². The van der Waals surface area contributed by atoms with Gasteiger partial charge in [0.1, 0.15) is 28.7 Å². The maximum absolute atomic E-state index is 14.1. The molecular weight excluding hydrogens is 474 g/mol. The Labute approximate surface area is 201 Å². The Kier molecular flexibility index (Phi) is 6.03. The van der Waals surface area contributed by atoms with Crippen molar-refractivity contribution >= 4 is 32.4 Å². The Morgan fingerprint density at radius 3 is 2.49 bits per heavy atom. The lowest BCUT2D eigenvalue weighted by Crippen LogP contribution is -2.44. The second-order valence-electron chi connectivity index (χ2n) is 8.36. The van der Waals surface area contributed by atoms with Crippen molar-refractivity contribution in [1.82, 2.24) is 19.9 Å². The Bertz CT molecular complexity index is 1510. The molecule has 1 aliphatic rings. The molecule has 8 nitrogen and oxygen atoms in total. The SMILES string of the molecule is CN1CCN(c2ncnc3ccc(-c4cncc(NS(=O)(=O)c5ccc(F)cc5F)c4)cc23)CC1. The minimum Gasteiger partial charge on any atom is -0.353 e. The van der Waals surface area contributed by atoms with Gasteiger partial charge in [0.05, 0.1) is 17.4 Å². The van der Waals surface area contributed by atoms with Crippen LogP contribution in [0.2, 0.25) is 0 Å². The van der Waals surface area contributed by atoms with Crippen LogP contribution in [-0.4, -0.2) is 61.5 Å². The van der Waals surface area contributed by atoms with E-state index in [2.05, 4.69) is 36.5 Å². The third-order valence-electron chi connectivity index (χ3n) is 5.92. The summed E-state index contributed by atoms with van der Waals surface area (Å²) in [6.07, 6.45) is 4.49. The van der Waals surface area contributed by atoms with Crippen molar-refractivity contribution in [2.24, 2.45) is 0 Å². The number of aromatic nitrogens is 3. The fourth-order valence-electron chi connectivity index (χ4n) is 4.05. The number of halogens is 2. The number of fused-ring (bicyclic) bond motifs is 1. The van der Waals surface area contributed by atoms with E-state index >= 15 is 0 Å². The van der Waals surface area contributed by atoms with E-state index in [9.17, 15) is 17.2 Å². The third kappa shape index (κ3) is 4.77. The molecule has 5 rings (SSSR count). The van der Waals surface area contributed by atoms with Crippen molar-refractivity contribution in [3.05, 3.63) is 72.8 Å². The summed E-state index contributed by atoms with van der Waals surface area (Å²) in [5, 5.41) is 0.883. The summed E-state index contributed by atoms with van der Waals surface area (Å²) in [7, 11) is -2.19. The maximum Gasteiger partial charge on any atom is 0.264 e. The van der Waals surface area contributed by atoms with E-state index < -0.39 is 26.6 Å². The van der Waals surface area contributed by atoms with Crippen LogP contribution in [0.3, 0.4) is 0 Å². The van der Waals surface area contributed by atoms with Gasteiger partial charge in [-0.2, -0.15) is 0 Å². The van der Waals surface area contributed by atoms with Gasteiger partial charge in [0.25, 0.3) is 10.0 Å². The molecule has 35 heavy (non-hydrogen) atoms. The summed E-state index contributed by atoms with van der Waals surface area (Å²) in [5.74, 6) is -1.18. The molecule has 4 aromatic rings. The molecule has 0 amide bonds. The number of hydrogen-bond acceptors (Lipinski definition) is 7. The first-order chi connectivity index (χ1) is 16.8. The summed E-state index contributed by atoms with van der Waals surface area (Å²) in [5.41, 5.74) is 2.40. The van der Waals surface area contributed by atoms with Crippen LogP contribution < -0.4 is 9.62 Å². The Balaban J connectivity index is 1.47. The first-order valence-corrected chi connectivity index (χ1v) is 12.4. The van der Waals surface area contributed by atoms with E-state index in [1.165, 1.54) is 6.20 Å². The van der Waals surface area contributed by atoms with E-state index in [1.807, 2.05) is 18.2 Å². The molecule has 0 bridgehead atoms. The van der Waals surface area contributed by atoms with Crippen LogP contribution in [0.25, 0.3) is 22.0 Å². The monoisotopic (exact) mass is 496 g/mol. The molecule has 0 saturated carbocycles. The molecule has 1 aliphatic heterocycles. The molecule has 180 valence electrons. The molecule has 0 atom stereocenters. The Morgan fingerprint density at radius 2 is 1.71 bits per heavy atom. The number of piperazine rings is 1. The Morgan fingerprint density at radius 1 is 0.914 bits per heavy atom. The van der Waals surface area contributed by atoms with Gasteiger partial charge in [-0.3, -0.25) is 9.71 Å². The minimum absolute atomic E-state index is 0.148. The zero-order valence-electron chi connectivity index (χ0n) is 18.8. The minimum atomic E-state index is -4.28. The van der Waals surface area contributed by atoms with Gasteiger partial charge in [-0.05, 0) is 42.9 Å².